The highest BCUT2D eigenvalue weighted by atomic mass is 19.4. The Morgan fingerprint density at radius 3 is 2.52 bits per heavy atom. The number of methoxy groups -OCH3 is 1. The Balaban J connectivity index is 1.29. The van der Waals surface area contributed by atoms with E-state index in [-0.39, 0.29) is 29.8 Å². The predicted octanol–water partition coefficient (Wildman–Crippen LogP) is 7.79. The fourth-order valence-electron chi connectivity index (χ4n) is 5.87. The lowest BCUT2D eigenvalue weighted by Crippen LogP contribution is -2.10. The van der Waals surface area contributed by atoms with Gasteiger partial charge in [-0.05, 0) is 71.3 Å². The molecule has 1 aliphatic heterocycles. The zero-order chi connectivity index (χ0) is 29.6. The van der Waals surface area contributed by atoms with Crippen LogP contribution < -0.4 is 9.47 Å². The molecule has 1 unspecified atom stereocenters. The van der Waals surface area contributed by atoms with E-state index < -0.39 is 17.8 Å². The van der Waals surface area contributed by atoms with Crippen LogP contribution in [0, 0.1) is 0 Å². The minimum absolute atomic E-state index is 0.0889. The molecular formula is C33H31F3N2O4. The van der Waals surface area contributed by atoms with Crippen molar-refractivity contribution in [3.63, 3.8) is 0 Å². The Morgan fingerprint density at radius 1 is 1.07 bits per heavy atom. The summed E-state index contributed by atoms with van der Waals surface area (Å²) in [6.07, 6.45) is -1.81. The summed E-state index contributed by atoms with van der Waals surface area (Å²) < 4.78 is 61.4. The van der Waals surface area contributed by atoms with Gasteiger partial charge in [-0.15, -0.1) is 0 Å². The maximum absolute atomic E-state index is 14.2. The molecule has 0 spiro atoms. The van der Waals surface area contributed by atoms with Gasteiger partial charge in [0.25, 0.3) is 0 Å². The first-order valence-corrected chi connectivity index (χ1v) is 14.0. The third kappa shape index (κ3) is 5.24. The summed E-state index contributed by atoms with van der Waals surface area (Å²) in [5.74, 6) is 1.09. The number of rotatable bonds is 7. The molecule has 6 nitrogen and oxygen atoms in total. The van der Waals surface area contributed by atoms with Crippen molar-refractivity contribution in [2.45, 2.75) is 57.2 Å². The van der Waals surface area contributed by atoms with Crippen molar-refractivity contribution < 1.29 is 32.2 Å². The highest BCUT2D eigenvalue weighted by molar-refractivity contribution is 5.75. The number of hydrogen-bond donors (Lipinski definition) is 0. The van der Waals surface area contributed by atoms with E-state index in [4.69, 9.17) is 14.2 Å². The molecular weight excluding hydrogens is 545 g/mol. The molecule has 0 radical (unpaired) electrons. The lowest BCUT2D eigenvalue weighted by molar-refractivity contribution is -0.141. The molecule has 1 aliphatic carbocycles. The number of hydrogen-bond acceptors (Lipinski definition) is 5. The predicted molar refractivity (Wildman–Crippen MR) is 151 cm³/mol. The van der Waals surface area contributed by atoms with Gasteiger partial charge in [0.1, 0.15) is 17.6 Å². The van der Waals surface area contributed by atoms with Crippen molar-refractivity contribution in [3.8, 4) is 28.3 Å². The number of nitrogens with zero attached hydrogens (tertiary/aromatic N) is 2. The molecule has 0 fully saturated rings. The number of halogens is 3. The number of aromatic nitrogens is 2. The van der Waals surface area contributed by atoms with Crippen molar-refractivity contribution in [2.24, 2.45) is 0 Å². The van der Waals surface area contributed by atoms with E-state index in [1.807, 2.05) is 24.4 Å². The Hall–Kier alpha value is -4.27. The van der Waals surface area contributed by atoms with Crippen LogP contribution in [0.1, 0.15) is 72.6 Å². The molecule has 6 rings (SSSR count). The molecule has 2 heterocycles. The zero-order valence-corrected chi connectivity index (χ0v) is 23.6. The molecule has 0 saturated carbocycles. The third-order valence-electron chi connectivity index (χ3n) is 8.06. The molecule has 2 aliphatic rings. The quantitative estimate of drug-likeness (QED) is 0.210. The first kappa shape index (κ1) is 27.9. The summed E-state index contributed by atoms with van der Waals surface area (Å²) >= 11 is 0. The molecule has 42 heavy (non-hydrogen) atoms. The average Bonchev–Trinajstić information content (AvgIpc) is 3.71. The number of carbonyl (C=O) groups is 1. The van der Waals surface area contributed by atoms with Crippen LogP contribution in [0.3, 0.4) is 0 Å². The van der Waals surface area contributed by atoms with Crippen LogP contribution in [-0.4, -0.2) is 29.5 Å². The molecule has 0 amide bonds. The van der Waals surface area contributed by atoms with Crippen molar-refractivity contribution in [2.75, 3.05) is 13.7 Å². The number of alkyl halides is 3. The van der Waals surface area contributed by atoms with E-state index in [1.165, 1.54) is 7.11 Å². The van der Waals surface area contributed by atoms with Gasteiger partial charge in [0, 0.05) is 23.7 Å². The van der Waals surface area contributed by atoms with E-state index in [9.17, 15) is 18.0 Å². The first-order valence-electron chi connectivity index (χ1n) is 14.0. The summed E-state index contributed by atoms with van der Waals surface area (Å²) in [5, 5.41) is 4.58. The van der Waals surface area contributed by atoms with Crippen LogP contribution in [0.2, 0.25) is 0 Å². The highest BCUT2D eigenvalue weighted by Crippen LogP contribution is 2.47. The standard InChI is InChI=1S/C33H31F3N2O4/c1-19(2)28-14-15-38(37-28)22-6-4-20(5-7-22)32-26-11-13-29(25(26)10-12-27(32)33(34,35)36)42-23-8-9-24-21(16-31(39)40-3)18-41-30(24)17-23/h4-10,12,14-15,17,19,21,29H,11,13,16,18H2,1-3H3/t21?,29-/m1/s1. The summed E-state index contributed by atoms with van der Waals surface area (Å²) in [6.45, 7) is 4.49. The molecule has 0 bridgehead atoms. The minimum atomic E-state index is -4.51. The SMILES string of the molecule is COC(=O)CC1COc2cc(O[C@@H]3CCc4c3ccc(C(F)(F)F)c4-c3ccc(-n4ccc(C(C)C)n4)cc3)ccc21. The van der Waals surface area contributed by atoms with Crippen LogP contribution in [0.25, 0.3) is 16.8 Å². The van der Waals surface area contributed by atoms with Crippen LogP contribution in [0.4, 0.5) is 13.2 Å². The van der Waals surface area contributed by atoms with Gasteiger partial charge in [0.2, 0.25) is 0 Å². The Bertz CT molecular complexity index is 1630. The van der Waals surface area contributed by atoms with Gasteiger partial charge in [0.15, 0.2) is 0 Å². The molecule has 0 N–H and O–H groups in total. The molecule has 0 saturated heterocycles. The number of esters is 1. The maximum atomic E-state index is 14.2. The molecule has 9 heteroatoms. The number of carbonyl (C=O) groups excluding carboxylic acids is 1. The largest absolute Gasteiger partial charge is 0.492 e. The van der Waals surface area contributed by atoms with Crippen LogP contribution in [0.5, 0.6) is 11.5 Å². The Kier molecular flexibility index (Phi) is 7.20. The van der Waals surface area contributed by atoms with Crippen LogP contribution in [-0.2, 0) is 22.1 Å². The van der Waals surface area contributed by atoms with E-state index >= 15 is 0 Å². The van der Waals surface area contributed by atoms with Crippen molar-refractivity contribution in [3.05, 3.63) is 94.8 Å². The van der Waals surface area contributed by atoms with Gasteiger partial charge in [0.05, 0.1) is 37.1 Å². The van der Waals surface area contributed by atoms with Crippen LogP contribution in [0.15, 0.2) is 66.9 Å². The second-order valence-electron chi connectivity index (χ2n) is 11.1. The maximum Gasteiger partial charge on any atom is 0.417 e. The van der Waals surface area contributed by atoms with Crippen molar-refractivity contribution in [1.29, 1.82) is 0 Å². The topological polar surface area (TPSA) is 62.6 Å². The molecule has 3 aromatic carbocycles. The van der Waals surface area contributed by atoms with Gasteiger partial charge < -0.3 is 14.2 Å². The molecule has 218 valence electrons. The Labute approximate surface area is 242 Å². The van der Waals surface area contributed by atoms with Gasteiger partial charge in [-0.3, -0.25) is 4.79 Å². The lowest BCUT2D eigenvalue weighted by atomic mass is 9.91. The number of benzene rings is 3. The van der Waals surface area contributed by atoms with E-state index in [0.717, 1.165) is 28.6 Å². The molecule has 4 aromatic rings. The van der Waals surface area contributed by atoms with Gasteiger partial charge in [-0.2, -0.15) is 18.3 Å². The Morgan fingerprint density at radius 2 is 1.83 bits per heavy atom. The number of ether oxygens (including phenoxy) is 3. The fourth-order valence-corrected chi connectivity index (χ4v) is 5.87. The van der Waals surface area contributed by atoms with Gasteiger partial charge in [-0.25, -0.2) is 4.68 Å². The van der Waals surface area contributed by atoms with Crippen molar-refractivity contribution in [1.82, 2.24) is 9.78 Å². The monoisotopic (exact) mass is 576 g/mol. The van der Waals surface area contributed by atoms with Gasteiger partial charge in [-0.1, -0.05) is 38.1 Å². The number of fused-ring (bicyclic) bond motifs is 2. The molecule has 1 aromatic heterocycles. The summed E-state index contributed by atoms with van der Waals surface area (Å²) in [4.78, 5) is 11.7. The minimum Gasteiger partial charge on any atom is -0.492 e. The first-order chi connectivity index (χ1) is 20.1. The average molecular weight is 577 g/mol. The third-order valence-corrected chi connectivity index (χ3v) is 8.06. The summed E-state index contributed by atoms with van der Waals surface area (Å²) in [6, 6.07) is 17.2. The normalized spacial score (nSPS) is 17.6. The van der Waals surface area contributed by atoms with Crippen molar-refractivity contribution >= 4 is 5.97 Å². The lowest BCUT2D eigenvalue weighted by Gasteiger charge is -2.20. The second kappa shape index (κ2) is 10.9. The zero-order valence-electron chi connectivity index (χ0n) is 23.6. The van der Waals surface area contributed by atoms with E-state index in [0.29, 0.717) is 42.1 Å². The van der Waals surface area contributed by atoms with E-state index in [2.05, 4.69) is 18.9 Å². The smallest absolute Gasteiger partial charge is 0.417 e. The van der Waals surface area contributed by atoms with Crippen LogP contribution >= 0.6 is 0 Å². The summed E-state index contributed by atoms with van der Waals surface area (Å²) in [5.41, 5.74) is 4.09. The fraction of sp³-hybridized carbons (Fsp3) is 0.333. The second-order valence-corrected chi connectivity index (χ2v) is 11.1. The summed E-state index contributed by atoms with van der Waals surface area (Å²) in [7, 11) is 1.36. The van der Waals surface area contributed by atoms with E-state index in [1.54, 1.807) is 41.1 Å². The highest BCUT2D eigenvalue weighted by Gasteiger charge is 2.38. The molecule has 2 atom stereocenters. The van der Waals surface area contributed by atoms with Gasteiger partial charge >= 0.3 is 12.1 Å².